The van der Waals surface area contributed by atoms with Crippen molar-refractivity contribution in [1.82, 2.24) is 0 Å². The first-order valence-electron chi connectivity index (χ1n) is 9.47. The summed E-state index contributed by atoms with van der Waals surface area (Å²) in [6, 6.07) is 16.7. The van der Waals surface area contributed by atoms with Crippen LogP contribution in [0.4, 0.5) is 0 Å². The fraction of sp³-hybridized carbons (Fsp3) is 0.391. The molecule has 0 bridgehead atoms. The van der Waals surface area contributed by atoms with Crippen molar-refractivity contribution in [1.29, 1.82) is 0 Å². The number of thiol groups is 1. The summed E-state index contributed by atoms with van der Waals surface area (Å²) in [7, 11) is 1.48. The minimum atomic E-state index is -1.61. The first-order valence-corrected chi connectivity index (χ1v) is 10.4. The number of alkyl halides is 1. The first-order chi connectivity index (χ1) is 13.9. The third-order valence-electron chi connectivity index (χ3n) is 5.45. The van der Waals surface area contributed by atoms with Crippen LogP contribution in [0.3, 0.4) is 0 Å². The summed E-state index contributed by atoms with van der Waals surface area (Å²) in [6.45, 7) is 3.57. The number of halogens is 1. The molecule has 0 saturated heterocycles. The van der Waals surface area contributed by atoms with E-state index in [1.54, 1.807) is 13.0 Å². The van der Waals surface area contributed by atoms with Crippen LogP contribution in [0.5, 0.6) is 0 Å². The quantitative estimate of drug-likeness (QED) is 0.251. The lowest BCUT2D eigenvalue weighted by atomic mass is 9.66. The summed E-state index contributed by atoms with van der Waals surface area (Å²) in [4.78, 5) is 27.3. The number of aryl methyl sites for hydroxylation is 1. The van der Waals surface area contributed by atoms with Crippen molar-refractivity contribution in [3.8, 4) is 0 Å². The third kappa shape index (κ3) is 4.85. The van der Waals surface area contributed by atoms with Gasteiger partial charge in [0.05, 0.1) is 0 Å². The molecule has 0 heterocycles. The highest BCUT2D eigenvalue weighted by atomic mass is 35.5. The lowest BCUT2D eigenvalue weighted by molar-refractivity contribution is -0.156. The molecular formula is C23H27ClO4S. The average Bonchev–Trinajstić information content (AvgIpc) is 2.76. The van der Waals surface area contributed by atoms with Gasteiger partial charge in [-0.15, -0.1) is 11.6 Å². The minimum absolute atomic E-state index is 0.136. The van der Waals surface area contributed by atoms with E-state index in [4.69, 9.17) is 20.5 Å². The van der Waals surface area contributed by atoms with Crippen LogP contribution in [0, 0.1) is 6.92 Å². The van der Waals surface area contributed by atoms with E-state index in [2.05, 4.69) is 12.9 Å². The molecule has 2 unspecified atom stereocenters. The number of carbonyl (C=O) groups excluding carboxylic acids is 2. The third-order valence-corrected chi connectivity index (χ3v) is 5.89. The molecule has 0 aliphatic carbocycles. The predicted molar refractivity (Wildman–Crippen MR) is 118 cm³/mol. The Morgan fingerprint density at radius 1 is 1.07 bits per heavy atom. The maximum absolute atomic E-state index is 14.1. The molecule has 29 heavy (non-hydrogen) atoms. The number of hydrogen-bond acceptors (Lipinski definition) is 5. The van der Waals surface area contributed by atoms with Crippen molar-refractivity contribution in [3.63, 3.8) is 0 Å². The zero-order valence-corrected chi connectivity index (χ0v) is 18.6. The van der Waals surface area contributed by atoms with Crippen LogP contribution < -0.4 is 0 Å². The van der Waals surface area contributed by atoms with Crippen LogP contribution in [0.1, 0.15) is 36.5 Å². The van der Waals surface area contributed by atoms with Gasteiger partial charge in [0.1, 0.15) is 5.60 Å². The van der Waals surface area contributed by atoms with Crippen LogP contribution in [-0.4, -0.2) is 30.3 Å². The topological polar surface area (TPSA) is 52.6 Å². The van der Waals surface area contributed by atoms with Gasteiger partial charge in [0.25, 0.3) is 0 Å². The fourth-order valence-electron chi connectivity index (χ4n) is 3.77. The predicted octanol–water partition coefficient (Wildman–Crippen LogP) is 4.86. The number of carbonyl (C=O) groups is 2. The van der Waals surface area contributed by atoms with E-state index in [0.717, 1.165) is 11.1 Å². The molecule has 0 spiro atoms. The van der Waals surface area contributed by atoms with Crippen LogP contribution >= 0.6 is 24.5 Å². The Bertz CT molecular complexity index is 842. The molecule has 2 atom stereocenters. The van der Waals surface area contributed by atoms with Crippen molar-refractivity contribution in [2.75, 3.05) is 13.0 Å². The van der Waals surface area contributed by atoms with E-state index in [1.807, 2.05) is 55.5 Å². The molecule has 0 aromatic heterocycles. The maximum Gasteiger partial charge on any atom is 0.336 e. The van der Waals surface area contributed by atoms with E-state index in [9.17, 15) is 9.59 Å². The van der Waals surface area contributed by atoms with Gasteiger partial charge in [0.15, 0.2) is 11.2 Å². The Balaban J connectivity index is 2.75. The van der Waals surface area contributed by atoms with E-state index >= 15 is 0 Å². The molecule has 0 amide bonds. The van der Waals surface area contributed by atoms with Gasteiger partial charge in [-0.25, -0.2) is 4.79 Å². The number of methoxy groups -OCH3 is 1. The lowest BCUT2D eigenvalue weighted by Crippen LogP contribution is -2.56. The number of ketones is 1. The summed E-state index contributed by atoms with van der Waals surface area (Å²) in [5, 5.41) is 0. The van der Waals surface area contributed by atoms with Crippen molar-refractivity contribution in [3.05, 3.63) is 71.3 Å². The largest absolute Gasteiger partial charge is 0.394 e. The van der Waals surface area contributed by atoms with Crippen LogP contribution in [-0.2, 0) is 30.3 Å². The first kappa shape index (κ1) is 23.5. The van der Waals surface area contributed by atoms with Gasteiger partial charge in [-0.1, -0.05) is 54.6 Å². The molecule has 0 aliphatic rings. The fourth-order valence-corrected chi connectivity index (χ4v) is 4.06. The maximum atomic E-state index is 14.1. The van der Waals surface area contributed by atoms with Gasteiger partial charge in [0.2, 0.25) is 0 Å². The molecule has 0 saturated carbocycles. The molecule has 2 aromatic carbocycles. The van der Waals surface area contributed by atoms with E-state index in [0.29, 0.717) is 24.3 Å². The van der Waals surface area contributed by atoms with Gasteiger partial charge in [-0.2, -0.15) is 0 Å². The Kier molecular flexibility index (Phi) is 8.32. The smallest absolute Gasteiger partial charge is 0.336 e. The lowest BCUT2D eigenvalue weighted by Gasteiger charge is -2.38. The van der Waals surface area contributed by atoms with Crippen LogP contribution in [0.25, 0.3) is 0 Å². The summed E-state index contributed by atoms with van der Waals surface area (Å²) < 4.78 is 10.6. The molecular weight excluding hydrogens is 408 g/mol. The number of benzene rings is 2. The summed E-state index contributed by atoms with van der Waals surface area (Å²) in [6.07, 6.45) is 1.09. The van der Waals surface area contributed by atoms with Crippen molar-refractivity contribution < 1.29 is 18.5 Å². The highest BCUT2D eigenvalue weighted by Crippen LogP contribution is 2.39. The number of Topliss-reactive ketones (excluding diaryl/α,β-unsaturated/α-hetero) is 1. The summed E-state index contributed by atoms with van der Waals surface area (Å²) in [5.41, 5.74) is -0.591. The van der Waals surface area contributed by atoms with Crippen LogP contribution in [0.15, 0.2) is 54.6 Å². The number of ether oxygens (including phenoxy) is 1. The molecule has 2 aromatic rings. The molecule has 0 N–H and O–H groups in total. The summed E-state index contributed by atoms with van der Waals surface area (Å²) in [5.74, 6) is -0.702. The van der Waals surface area contributed by atoms with Crippen molar-refractivity contribution in [2.24, 2.45) is 0 Å². The Morgan fingerprint density at radius 3 is 2.24 bits per heavy atom. The minimum Gasteiger partial charge on any atom is -0.394 e. The molecule has 4 nitrogen and oxygen atoms in total. The van der Waals surface area contributed by atoms with Gasteiger partial charge in [-0.3, -0.25) is 4.79 Å². The van der Waals surface area contributed by atoms with E-state index < -0.39 is 17.0 Å². The normalized spacial score (nSPS) is 15.2. The average molecular weight is 435 g/mol. The Labute approximate surface area is 183 Å². The van der Waals surface area contributed by atoms with Gasteiger partial charge in [-0.05, 0) is 49.8 Å². The van der Waals surface area contributed by atoms with Crippen molar-refractivity contribution >= 4 is 36.3 Å². The molecule has 156 valence electrons. The SMILES string of the molecule is COC(C)(CCCCl)C(=O)C(Cc1ccccc1)(C(=O)OS)c1ccccc1C. The summed E-state index contributed by atoms with van der Waals surface area (Å²) >= 11 is 9.66. The molecule has 0 aliphatic heterocycles. The highest BCUT2D eigenvalue weighted by molar-refractivity contribution is 7.75. The second kappa shape index (κ2) is 10.3. The molecule has 2 rings (SSSR count). The second-order valence-corrected chi connectivity index (χ2v) is 7.88. The van der Waals surface area contributed by atoms with Crippen molar-refractivity contribution in [2.45, 2.75) is 44.1 Å². The van der Waals surface area contributed by atoms with Gasteiger partial charge >= 0.3 is 5.97 Å². The molecule has 0 fully saturated rings. The van der Waals surface area contributed by atoms with Gasteiger partial charge < -0.3 is 8.92 Å². The Hall–Kier alpha value is -1.82. The molecule has 6 heteroatoms. The standard InChI is InChI=1S/C23H27ClO4S/c1-17-10-7-8-13-19(17)23(21(26)28-29,16-18-11-5-4-6-12-18)20(25)22(2,27-3)14-9-15-24/h4-8,10-13,29H,9,14-16H2,1-3H3. The zero-order chi connectivity index (χ0) is 21.5. The second-order valence-electron chi connectivity index (χ2n) is 7.32. The number of rotatable bonds is 10. The highest BCUT2D eigenvalue weighted by Gasteiger charge is 2.55. The van der Waals surface area contributed by atoms with E-state index in [1.165, 1.54) is 7.11 Å². The monoisotopic (exact) mass is 434 g/mol. The van der Waals surface area contributed by atoms with E-state index in [-0.39, 0.29) is 12.2 Å². The van der Waals surface area contributed by atoms with Gasteiger partial charge in [0, 0.05) is 25.9 Å². The molecule has 0 radical (unpaired) electrons. The van der Waals surface area contributed by atoms with Crippen LogP contribution in [0.2, 0.25) is 0 Å². The number of hydrogen-bond donors (Lipinski definition) is 1. The Morgan fingerprint density at radius 2 is 1.69 bits per heavy atom. The zero-order valence-electron chi connectivity index (χ0n) is 17.0.